The second kappa shape index (κ2) is 10.1. The molecule has 166 valence electrons. The Morgan fingerprint density at radius 2 is 1.58 bits per heavy atom. The molecule has 3 rings (SSSR count). The van der Waals surface area contributed by atoms with Gasteiger partial charge < -0.3 is 14.7 Å². The molecule has 0 saturated carbocycles. The van der Waals surface area contributed by atoms with E-state index in [1.807, 2.05) is 75.1 Å². The van der Waals surface area contributed by atoms with Crippen LogP contribution in [0.15, 0.2) is 48.5 Å². The third-order valence-electron chi connectivity index (χ3n) is 6.08. The van der Waals surface area contributed by atoms with Crippen LogP contribution < -0.4 is 4.90 Å². The minimum Gasteiger partial charge on any atom is -0.338 e. The molecule has 0 bridgehead atoms. The molecule has 31 heavy (non-hydrogen) atoms. The van der Waals surface area contributed by atoms with Gasteiger partial charge in [0.05, 0.1) is 0 Å². The van der Waals surface area contributed by atoms with E-state index in [2.05, 4.69) is 22.9 Å². The van der Waals surface area contributed by atoms with Crippen molar-refractivity contribution in [3.8, 4) is 0 Å². The van der Waals surface area contributed by atoms with E-state index < -0.39 is 0 Å². The molecule has 1 aliphatic rings. The van der Waals surface area contributed by atoms with Gasteiger partial charge in [0.15, 0.2) is 0 Å². The Morgan fingerprint density at radius 3 is 2.13 bits per heavy atom. The molecular formula is C26H35N3O2. The third kappa shape index (κ3) is 5.34. The summed E-state index contributed by atoms with van der Waals surface area (Å²) in [5, 5.41) is 0. The number of benzene rings is 2. The first-order valence-electron chi connectivity index (χ1n) is 11.3. The molecule has 0 radical (unpaired) electrons. The maximum Gasteiger partial charge on any atom is 0.254 e. The van der Waals surface area contributed by atoms with Crippen molar-refractivity contribution < 1.29 is 9.59 Å². The highest BCUT2D eigenvalue weighted by Gasteiger charge is 2.26. The van der Waals surface area contributed by atoms with Crippen LogP contribution in [0.5, 0.6) is 0 Å². The molecular weight excluding hydrogens is 386 g/mol. The van der Waals surface area contributed by atoms with E-state index in [0.717, 1.165) is 43.6 Å². The summed E-state index contributed by atoms with van der Waals surface area (Å²) < 4.78 is 0. The Labute approximate surface area is 186 Å². The van der Waals surface area contributed by atoms with Gasteiger partial charge in [-0.3, -0.25) is 9.59 Å². The molecule has 0 atom stereocenters. The van der Waals surface area contributed by atoms with E-state index in [4.69, 9.17) is 0 Å². The summed E-state index contributed by atoms with van der Waals surface area (Å²) in [6.07, 6.45) is 3.00. The summed E-state index contributed by atoms with van der Waals surface area (Å²) in [7, 11) is 2.16. The van der Waals surface area contributed by atoms with Crippen molar-refractivity contribution in [2.45, 2.75) is 58.7 Å². The van der Waals surface area contributed by atoms with Crippen molar-refractivity contribution >= 4 is 23.6 Å². The zero-order valence-electron chi connectivity index (χ0n) is 19.4. The molecule has 0 spiro atoms. The zero-order valence-corrected chi connectivity index (χ0v) is 19.4. The second-order valence-electron chi connectivity index (χ2n) is 9.06. The molecule has 1 saturated heterocycles. The number of rotatable bonds is 7. The number of carbonyl (C=O) groups excluding carboxylic acids is 2. The van der Waals surface area contributed by atoms with Gasteiger partial charge in [0.2, 0.25) is 0 Å². The SMILES string of the molecule is CC(C)N(C(=O)c1ccc(N(c2cccc(C=O)c2)C2CCN(C)CC2)cc1)C(C)C. The fourth-order valence-corrected chi connectivity index (χ4v) is 4.55. The summed E-state index contributed by atoms with van der Waals surface area (Å²) >= 11 is 0. The lowest BCUT2D eigenvalue weighted by atomic mass is 10.0. The van der Waals surface area contributed by atoms with Gasteiger partial charge in [0, 0.05) is 40.6 Å². The first kappa shape index (κ1) is 23.0. The Balaban J connectivity index is 1.94. The van der Waals surface area contributed by atoms with Crippen molar-refractivity contribution in [3.05, 3.63) is 59.7 Å². The van der Waals surface area contributed by atoms with Crippen molar-refractivity contribution in [3.63, 3.8) is 0 Å². The monoisotopic (exact) mass is 421 g/mol. The predicted octanol–water partition coefficient (Wildman–Crippen LogP) is 4.99. The largest absolute Gasteiger partial charge is 0.338 e. The number of piperidine rings is 1. The molecule has 5 nitrogen and oxygen atoms in total. The first-order valence-corrected chi connectivity index (χ1v) is 11.3. The molecule has 1 heterocycles. The fraction of sp³-hybridized carbons (Fsp3) is 0.462. The highest BCUT2D eigenvalue weighted by atomic mass is 16.2. The highest BCUT2D eigenvalue weighted by Crippen LogP contribution is 2.32. The average molecular weight is 422 g/mol. The van der Waals surface area contributed by atoms with E-state index in [-0.39, 0.29) is 18.0 Å². The van der Waals surface area contributed by atoms with Gasteiger partial charge in [-0.25, -0.2) is 0 Å². The van der Waals surface area contributed by atoms with Crippen LogP contribution >= 0.6 is 0 Å². The van der Waals surface area contributed by atoms with Crippen molar-refractivity contribution in [2.24, 2.45) is 0 Å². The molecule has 2 aromatic rings. The molecule has 1 fully saturated rings. The quantitative estimate of drug-likeness (QED) is 0.591. The fourth-order valence-electron chi connectivity index (χ4n) is 4.55. The van der Waals surface area contributed by atoms with Crippen LogP contribution in [0.1, 0.15) is 61.3 Å². The van der Waals surface area contributed by atoms with Gasteiger partial charge in [0.1, 0.15) is 6.29 Å². The van der Waals surface area contributed by atoms with Gasteiger partial charge in [-0.2, -0.15) is 0 Å². The minimum atomic E-state index is 0.0605. The average Bonchev–Trinajstić information content (AvgIpc) is 2.75. The number of aldehydes is 1. The molecule has 0 aliphatic carbocycles. The number of hydrogen-bond acceptors (Lipinski definition) is 4. The Bertz CT molecular complexity index is 876. The Hall–Kier alpha value is -2.66. The normalized spacial score (nSPS) is 15.3. The third-order valence-corrected chi connectivity index (χ3v) is 6.08. The number of carbonyl (C=O) groups is 2. The van der Waals surface area contributed by atoms with Crippen molar-refractivity contribution in [1.82, 2.24) is 9.80 Å². The lowest BCUT2D eigenvalue weighted by Gasteiger charge is -2.39. The first-order chi connectivity index (χ1) is 14.8. The predicted molar refractivity (Wildman–Crippen MR) is 127 cm³/mol. The van der Waals surface area contributed by atoms with E-state index in [9.17, 15) is 9.59 Å². The Kier molecular flexibility index (Phi) is 7.50. The molecule has 0 N–H and O–H groups in total. The van der Waals surface area contributed by atoms with Gasteiger partial charge in [-0.15, -0.1) is 0 Å². The number of nitrogens with zero attached hydrogens (tertiary/aromatic N) is 3. The minimum absolute atomic E-state index is 0.0605. The summed E-state index contributed by atoms with van der Waals surface area (Å²) in [5.74, 6) is 0.0605. The van der Waals surface area contributed by atoms with Crippen LogP contribution in [0.2, 0.25) is 0 Å². The topological polar surface area (TPSA) is 43.9 Å². The maximum atomic E-state index is 13.1. The van der Waals surface area contributed by atoms with Gasteiger partial charge >= 0.3 is 0 Å². The Morgan fingerprint density at radius 1 is 0.968 bits per heavy atom. The van der Waals surface area contributed by atoms with E-state index >= 15 is 0 Å². The second-order valence-corrected chi connectivity index (χ2v) is 9.06. The summed E-state index contributed by atoms with van der Waals surface area (Å²) in [5.41, 5.74) is 3.45. The van der Waals surface area contributed by atoms with Crippen LogP contribution in [-0.4, -0.2) is 60.3 Å². The van der Waals surface area contributed by atoms with Gasteiger partial charge in [-0.05, 0) is 97.1 Å². The number of amides is 1. The smallest absolute Gasteiger partial charge is 0.254 e. The number of hydrogen-bond donors (Lipinski definition) is 0. The van der Waals surface area contributed by atoms with Crippen molar-refractivity contribution in [2.75, 3.05) is 25.0 Å². The molecule has 1 aliphatic heterocycles. The molecule has 2 aromatic carbocycles. The van der Waals surface area contributed by atoms with Crippen LogP contribution in [-0.2, 0) is 0 Å². The van der Waals surface area contributed by atoms with Crippen LogP contribution in [0.3, 0.4) is 0 Å². The van der Waals surface area contributed by atoms with E-state index in [1.54, 1.807) is 0 Å². The molecule has 0 aromatic heterocycles. The van der Waals surface area contributed by atoms with Crippen molar-refractivity contribution in [1.29, 1.82) is 0 Å². The van der Waals surface area contributed by atoms with E-state index in [1.165, 1.54) is 0 Å². The van der Waals surface area contributed by atoms with Gasteiger partial charge in [0.25, 0.3) is 5.91 Å². The van der Waals surface area contributed by atoms with Crippen LogP contribution in [0, 0.1) is 0 Å². The lowest BCUT2D eigenvalue weighted by Crippen LogP contribution is -2.42. The van der Waals surface area contributed by atoms with E-state index in [0.29, 0.717) is 17.2 Å². The van der Waals surface area contributed by atoms with Crippen LogP contribution in [0.25, 0.3) is 0 Å². The standard InChI is InChI=1S/C26H35N3O2/c1-19(2)28(20(3)4)26(31)22-9-11-23(12-10-22)29(24-13-15-27(5)16-14-24)25-8-6-7-21(17-25)18-30/h6-12,17-20,24H,13-16H2,1-5H3. The molecule has 0 unspecified atom stereocenters. The van der Waals surface area contributed by atoms with Crippen LogP contribution in [0.4, 0.5) is 11.4 Å². The molecule has 1 amide bonds. The molecule has 5 heteroatoms. The highest BCUT2D eigenvalue weighted by molar-refractivity contribution is 5.95. The summed E-state index contributed by atoms with van der Waals surface area (Å²) in [4.78, 5) is 31.0. The maximum absolute atomic E-state index is 13.1. The number of anilines is 2. The number of likely N-dealkylation sites (tertiary alicyclic amines) is 1. The lowest BCUT2D eigenvalue weighted by molar-refractivity contribution is 0.0643. The summed E-state index contributed by atoms with van der Waals surface area (Å²) in [6, 6.07) is 16.4. The summed E-state index contributed by atoms with van der Waals surface area (Å²) in [6.45, 7) is 10.3. The van der Waals surface area contributed by atoms with Gasteiger partial charge in [-0.1, -0.05) is 12.1 Å². The zero-order chi connectivity index (χ0) is 22.5.